The minimum atomic E-state index is 0.793. The molecular weight excluding hydrogens is 348 g/mol. The summed E-state index contributed by atoms with van der Waals surface area (Å²) in [4.78, 5) is 18.6. The van der Waals surface area contributed by atoms with Gasteiger partial charge in [0, 0.05) is 24.8 Å². The molecule has 0 amide bonds. The number of hydrogen-bond donors (Lipinski definition) is 0. The van der Waals surface area contributed by atoms with Gasteiger partial charge in [-0.2, -0.15) is 0 Å². The van der Waals surface area contributed by atoms with E-state index in [4.69, 9.17) is 9.97 Å². The van der Waals surface area contributed by atoms with Crippen molar-refractivity contribution in [1.29, 1.82) is 0 Å². The summed E-state index contributed by atoms with van der Waals surface area (Å²) in [6.45, 7) is 0. The first-order valence-corrected chi connectivity index (χ1v) is 9.00. The molecule has 5 aromatic heterocycles. The summed E-state index contributed by atoms with van der Waals surface area (Å²) in [5, 5.41) is 0. The Morgan fingerprint density at radius 2 is 0.964 bits per heavy atom. The fourth-order valence-electron chi connectivity index (χ4n) is 3.59. The number of rotatable bonds is 2. The predicted octanol–water partition coefficient (Wildman–Crippen LogP) is 4.26. The van der Waals surface area contributed by atoms with Crippen molar-refractivity contribution in [2.24, 2.45) is 0 Å². The standard InChI is InChI=1S/C22H14N6/c1-2-10-20-19(9-1)27-13-17(15-7-3-5-11-23-15)25-21(27)22-26-18(14-28(20)22)16-8-4-6-12-24-16/h1-14H. The number of aromatic nitrogens is 6. The molecule has 5 heterocycles. The highest BCUT2D eigenvalue weighted by Gasteiger charge is 2.16. The first-order chi connectivity index (χ1) is 13.9. The van der Waals surface area contributed by atoms with E-state index in [1.54, 1.807) is 12.4 Å². The van der Waals surface area contributed by atoms with Crippen molar-refractivity contribution >= 4 is 22.3 Å². The number of imidazole rings is 2. The van der Waals surface area contributed by atoms with Gasteiger partial charge in [-0.3, -0.25) is 18.8 Å². The van der Waals surface area contributed by atoms with Crippen LogP contribution in [0.5, 0.6) is 0 Å². The van der Waals surface area contributed by atoms with Crippen molar-refractivity contribution in [1.82, 2.24) is 28.7 Å². The van der Waals surface area contributed by atoms with Gasteiger partial charge in [-0.25, -0.2) is 9.97 Å². The maximum atomic E-state index is 4.86. The molecule has 0 spiro atoms. The molecule has 1 aromatic carbocycles. The molecule has 0 aliphatic carbocycles. The Morgan fingerprint density at radius 3 is 1.39 bits per heavy atom. The van der Waals surface area contributed by atoms with Crippen LogP contribution in [0.25, 0.3) is 45.1 Å². The molecule has 0 aliphatic rings. The lowest BCUT2D eigenvalue weighted by atomic mass is 10.3. The Bertz CT molecular complexity index is 1340. The summed E-state index contributed by atoms with van der Waals surface area (Å²) in [6, 6.07) is 19.9. The van der Waals surface area contributed by atoms with Gasteiger partial charge in [0.15, 0.2) is 11.3 Å². The quantitative estimate of drug-likeness (QED) is 0.462. The van der Waals surface area contributed by atoms with Gasteiger partial charge in [-0.05, 0) is 36.4 Å². The van der Waals surface area contributed by atoms with E-state index in [-0.39, 0.29) is 0 Å². The Hall–Kier alpha value is -4.06. The second kappa shape index (κ2) is 5.72. The molecule has 6 heteroatoms. The fourth-order valence-corrected chi connectivity index (χ4v) is 3.59. The lowest BCUT2D eigenvalue weighted by Crippen LogP contribution is -1.95. The summed E-state index contributed by atoms with van der Waals surface area (Å²) in [7, 11) is 0. The number of nitrogens with zero attached hydrogens (tertiary/aromatic N) is 6. The Balaban J connectivity index is 1.73. The average molecular weight is 362 g/mol. The number of hydrogen-bond acceptors (Lipinski definition) is 4. The predicted molar refractivity (Wildman–Crippen MR) is 108 cm³/mol. The molecule has 0 bridgehead atoms. The molecule has 132 valence electrons. The van der Waals surface area contributed by atoms with E-state index < -0.39 is 0 Å². The van der Waals surface area contributed by atoms with Crippen LogP contribution in [0.3, 0.4) is 0 Å². The van der Waals surface area contributed by atoms with E-state index in [2.05, 4.69) is 30.9 Å². The summed E-state index contributed by atoms with van der Waals surface area (Å²) in [5.74, 6) is 0. The lowest BCUT2D eigenvalue weighted by molar-refractivity contribution is 1.17. The van der Waals surface area contributed by atoms with Gasteiger partial charge in [-0.1, -0.05) is 24.3 Å². The largest absolute Gasteiger partial charge is 0.294 e. The molecule has 0 atom stereocenters. The Morgan fingerprint density at radius 1 is 0.500 bits per heavy atom. The molecule has 0 fully saturated rings. The van der Waals surface area contributed by atoms with Crippen LogP contribution in [-0.2, 0) is 0 Å². The molecule has 28 heavy (non-hydrogen) atoms. The molecule has 6 aromatic rings. The van der Waals surface area contributed by atoms with E-state index in [1.165, 1.54) is 0 Å². The Kier molecular flexibility index (Phi) is 3.07. The summed E-state index contributed by atoms with van der Waals surface area (Å²) in [6.07, 6.45) is 7.60. The van der Waals surface area contributed by atoms with Crippen LogP contribution in [0.1, 0.15) is 0 Å². The summed E-state index contributed by atoms with van der Waals surface area (Å²) >= 11 is 0. The minimum Gasteiger partial charge on any atom is -0.294 e. The van der Waals surface area contributed by atoms with Gasteiger partial charge in [0.1, 0.15) is 11.4 Å². The van der Waals surface area contributed by atoms with Crippen molar-refractivity contribution in [3.63, 3.8) is 0 Å². The number of pyridine rings is 2. The maximum absolute atomic E-state index is 4.86. The van der Waals surface area contributed by atoms with Gasteiger partial charge in [0.2, 0.25) is 0 Å². The highest BCUT2D eigenvalue weighted by Crippen LogP contribution is 2.27. The normalized spacial score (nSPS) is 11.6. The van der Waals surface area contributed by atoms with Crippen LogP contribution in [0, 0.1) is 0 Å². The van der Waals surface area contributed by atoms with Crippen LogP contribution in [0.4, 0.5) is 0 Å². The first-order valence-electron chi connectivity index (χ1n) is 9.00. The minimum absolute atomic E-state index is 0.793. The zero-order chi connectivity index (χ0) is 18.5. The molecule has 0 N–H and O–H groups in total. The smallest absolute Gasteiger partial charge is 0.182 e. The fraction of sp³-hybridized carbons (Fsp3) is 0. The third-order valence-electron chi connectivity index (χ3n) is 4.87. The summed E-state index contributed by atoms with van der Waals surface area (Å²) < 4.78 is 4.17. The third-order valence-corrected chi connectivity index (χ3v) is 4.87. The van der Waals surface area contributed by atoms with Crippen molar-refractivity contribution in [2.45, 2.75) is 0 Å². The lowest BCUT2D eigenvalue weighted by Gasteiger charge is -2.05. The van der Waals surface area contributed by atoms with Gasteiger partial charge in [0.05, 0.1) is 22.4 Å². The topological polar surface area (TPSA) is 60.4 Å². The van der Waals surface area contributed by atoms with Gasteiger partial charge in [0.25, 0.3) is 0 Å². The molecule has 0 saturated heterocycles. The second-order valence-corrected chi connectivity index (χ2v) is 6.56. The number of fused-ring (bicyclic) bond motifs is 6. The molecule has 6 rings (SSSR count). The molecule has 6 nitrogen and oxygen atoms in total. The molecule has 0 radical (unpaired) electrons. The summed E-state index contributed by atoms with van der Waals surface area (Å²) in [5.41, 5.74) is 7.02. The van der Waals surface area contributed by atoms with Gasteiger partial charge < -0.3 is 0 Å². The number of benzene rings is 1. The van der Waals surface area contributed by atoms with E-state index in [0.717, 1.165) is 45.1 Å². The number of para-hydroxylation sites is 2. The molecule has 0 unspecified atom stereocenters. The van der Waals surface area contributed by atoms with Crippen LogP contribution in [0.15, 0.2) is 85.5 Å². The average Bonchev–Trinajstić information content (AvgIpc) is 3.40. The monoisotopic (exact) mass is 362 g/mol. The highest BCUT2D eigenvalue weighted by molar-refractivity contribution is 5.88. The van der Waals surface area contributed by atoms with E-state index in [1.807, 2.05) is 60.9 Å². The highest BCUT2D eigenvalue weighted by atomic mass is 15.1. The van der Waals surface area contributed by atoms with E-state index in [0.29, 0.717) is 0 Å². The maximum Gasteiger partial charge on any atom is 0.182 e. The second-order valence-electron chi connectivity index (χ2n) is 6.56. The van der Waals surface area contributed by atoms with Gasteiger partial charge in [-0.15, -0.1) is 0 Å². The SMILES string of the molecule is c1ccc(-c2cn3c4ccccc4n4cc(-c5ccccn5)nc4c3n2)nc1. The van der Waals surface area contributed by atoms with Crippen LogP contribution in [0.2, 0.25) is 0 Å². The van der Waals surface area contributed by atoms with Crippen LogP contribution >= 0.6 is 0 Å². The van der Waals surface area contributed by atoms with Gasteiger partial charge >= 0.3 is 0 Å². The van der Waals surface area contributed by atoms with Crippen molar-refractivity contribution in [3.8, 4) is 22.8 Å². The van der Waals surface area contributed by atoms with Crippen molar-refractivity contribution in [3.05, 3.63) is 85.5 Å². The molecule has 0 aliphatic heterocycles. The van der Waals surface area contributed by atoms with Crippen LogP contribution < -0.4 is 0 Å². The molecular formula is C22H14N6. The zero-order valence-electron chi connectivity index (χ0n) is 14.8. The molecule has 0 saturated carbocycles. The third kappa shape index (κ3) is 2.15. The van der Waals surface area contributed by atoms with Crippen molar-refractivity contribution in [2.75, 3.05) is 0 Å². The first kappa shape index (κ1) is 15.0. The van der Waals surface area contributed by atoms with E-state index in [9.17, 15) is 0 Å². The zero-order valence-corrected chi connectivity index (χ0v) is 14.8. The van der Waals surface area contributed by atoms with Crippen molar-refractivity contribution < 1.29 is 0 Å². The van der Waals surface area contributed by atoms with E-state index >= 15 is 0 Å². The Labute approximate surface area is 159 Å². The van der Waals surface area contributed by atoms with Crippen LogP contribution in [-0.4, -0.2) is 28.7 Å².